The highest BCUT2D eigenvalue weighted by Gasteiger charge is 2.29. The van der Waals surface area contributed by atoms with Crippen LogP contribution >= 0.6 is 0 Å². The van der Waals surface area contributed by atoms with Gasteiger partial charge in [0.15, 0.2) is 0 Å². The fourth-order valence-electron chi connectivity index (χ4n) is 1.93. The molecular weight excluding hydrogens is 240 g/mol. The molecule has 0 saturated heterocycles. The molecule has 0 saturated carbocycles. The van der Waals surface area contributed by atoms with Crippen molar-refractivity contribution >= 4 is 14.6 Å². The van der Waals surface area contributed by atoms with Gasteiger partial charge in [-0.05, 0) is 30.6 Å². The first kappa shape index (κ1) is 15.2. The van der Waals surface area contributed by atoms with Crippen LogP contribution < -0.4 is 0 Å². The molecule has 0 radical (unpaired) electrons. The first-order chi connectivity index (χ1) is 8.63. The zero-order valence-corrected chi connectivity index (χ0v) is 12.7. The highest BCUT2D eigenvalue weighted by atomic mass is 28.4. The lowest BCUT2D eigenvalue weighted by atomic mass is 10.1. The summed E-state index contributed by atoms with van der Waals surface area (Å²) in [6.07, 6.45) is 2.96. The van der Waals surface area contributed by atoms with Crippen LogP contribution in [0.2, 0.25) is 12.6 Å². The van der Waals surface area contributed by atoms with Crippen molar-refractivity contribution in [2.24, 2.45) is 0 Å². The van der Waals surface area contributed by atoms with Crippen LogP contribution in [-0.4, -0.2) is 15.2 Å². The molecular formula is C15H24O2Si. The van der Waals surface area contributed by atoms with Crippen LogP contribution in [0.1, 0.15) is 31.4 Å². The van der Waals surface area contributed by atoms with E-state index in [1.54, 1.807) is 0 Å². The van der Waals surface area contributed by atoms with Gasteiger partial charge in [-0.15, -0.1) is 0 Å². The Balaban J connectivity index is 2.57. The molecule has 0 N–H and O–H groups in total. The number of benzene rings is 1. The maximum atomic E-state index is 6.06. The second-order valence-electron chi connectivity index (χ2n) is 4.55. The van der Waals surface area contributed by atoms with E-state index in [-0.39, 0.29) is 0 Å². The molecule has 0 aliphatic heterocycles. The fraction of sp³-hybridized carbons (Fsp3) is 0.467. The zero-order valence-electron chi connectivity index (χ0n) is 11.7. The molecule has 1 atom stereocenters. The van der Waals surface area contributed by atoms with Gasteiger partial charge in [-0.1, -0.05) is 50.3 Å². The van der Waals surface area contributed by atoms with Gasteiger partial charge in [0.25, 0.3) is 0 Å². The Morgan fingerprint density at radius 2 is 1.83 bits per heavy atom. The number of hydrogen-bond donors (Lipinski definition) is 0. The molecule has 0 amide bonds. The van der Waals surface area contributed by atoms with E-state index in [1.165, 1.54) is 5.56 Å². The predicted octanol–water partition coefficient (Wildman–Crippen LogP) is 4.36. The van der Waals surface area contributed by atoms with E-state index in [0.29, 0.717) is 6.61 Å². The molecule has 3 heteroatoms. The van der Waals surface area contributed by atoms with Gasteiger partial charge in [0.1, 0.15) is 0 Å². The van der Waals surface area contributed by atoms with Gasteiger partial charge in [0.05, 0.1) is 6.61 Å². The zero-order chi connectivity index (χ0) is 13.4. The molecule has 0 spiro atoms. The summed E-state index contributed by atoms with van der Waals surface area (Å²) < 4.78 is 11.9. The largest absolute Gasteiger partial charge is 0.395 e. The quantitative estimate of drug-likeness (QED) is 0.649. The maximum absolute atomic E-state index is 6.06. The van der Waals surface area contributed by atoms with Crippen LogP contribution in [0.15, 0.2) is 30.8 Å². The van der Waals surface area contributed by atoms with Crippen molar-refractivity contribution in [2.75, 3.05) is 6.61 Å². The summed E-state index contributed by atoms with van der Waals surface area (Å²) in [5.74, 6) is 0. The van der Waals surface area contributed by atoms with E-state index in [0.717, 1.165) is 24.6 Å². The molecule has 2 nitrogen and oxygen atoms in total. The Hall–Kier alpha value is -0.903. The van der Waals surface area contributed by atoms with Gasteiger partial charge in [0, 0.05) is 6.61 Å². The summed E-state index contributed by atoms with van der Waals surface area (Å²) in [5.41, 5.74) is 2.33. The van der Waals surface area contributed by atoms with Crippen molar-refractivity contribution in [3.05, 3.63) is 42.0 Å². The van der Waals surface area contributed by atoms with E-state index >= 15 is 0 Å². The molecule has 1 aromatic carbocycles. The molecule has 18 heavy (non-hydrogen) atoms. The minimum Gasteiger partial charge on any atom is -0.395 e. The standard InChI is InChI=1S/C15H24O2Si/c1-5-12-18(4,16-7-3)17-13-15-10-8-14(6-2)9-11-15/h6,8-11H,2,5,7,12-13H2,1,3-4H3. The molecule has 0 heterocycles. The minimum absolute atomic E-state index is 0.639. The fourth-order valence-corrected chi connectivity index (χ4v) is 4.29. The van der Waals surface area contributed by atoms with E-state index in [2.05, 4.69) is 44.3 Å². The molecule has 1 unspecified atom stereocenters. The Kier molecular flexibility index (Phi) is 6.33. The van der Waals surface area contributed by atoms with Gasteiger partial charge in [-0.2, -0.15) is 0 Å². The summed E-state index contributed by atoms with van der Waals surface area (Å²) in [6.45, 7) is 11.5. The van der Waals surface area contributed by atoms with Crippen LogP contribution in [0.25, 0.3) is 6.08 Å². The summed E-state index contributed by atoms with van der Waals surface area (Å²) >= 11 is 0. The normalized spacial score (nSPS) is 14.2. The van der Waals surface area contributed by atoms with Gasteiger partial charge in [-0.3, -0.25) is 0 Å². The Labute approximate surface area is 112 Å². The second-order valence-corrected chi connectivity index (χ2v) is 7.90. The molecule has 0 aromatic heterocycles. The third-order valence-corrected chi connectivity index (χ3v) is 5.98. The summed E-state index contributed by atoms with van der Waals surface area (Å²) in [6, 6.07) is 9.34. The molecule has 0 aliphatic carbocycles. The first-order valence-corrected chi connectivity index (χ1v) is 9.15. The third-order valence-electron chi connectivity index (χ3n) is 2.91. The molecule has 0 fully saturated rings. The van der Waals surface area contributed by atoms with E-state index in [1.807, 2.05) is 13.0 Å². The van der Waals surface area contributed by atoms with Crippen LogP contribution in [0.4, 0.5) is 0 Å². The second kappa shape index (κ2) is 7.51. The molecule has 100 valence electrons. The lowest BCUT2D eigenvalue weighted by Gasteiger charge is -2.26. The van der Waals surface area contributed by atoms with Crippen molar-refractivity contribution in [1.29, 1.82) is 0 Å². The van der Waals surface area contributed by atoms with E-state index in [4.69, 9.17) is 8.85 Å². The average molecular weight is 264 g/mol. The average Bonchev–Trinajstić information content (AvgIpc) is 2.38. The lowest BCUT2D eigenvalue weighted by molar-refractivity contribution is 0.172. The van der Waals surface area contributed by atoms with E-state index in [9.17, 15) is 0 Å². The third kappa shape index (κ3) is 4.76. The van der Waals surface area contributed by atoms with Crippen LogP contribution in [-0.2, 0) is 15.5 Å². The Morgan fingerprint density at radius 1 is 1.17 bits per heavy atom. The SMILES string of the molecule is C=Cc1ccc(CO[Si](C)(CCC)OCC)cc1. The summed E-state index contributed by atoms with van der Waals surface area (Å²) in [5, 5.41) is 0. The summed E-state index contributed by atoms with van der Waals surface area (Å²) in [7, 11) is -1.97. The van der Waals surface area contributed by atoms with Crippen LogP contribution in [0, 0.1) is 0 Å². The highest BCUT2D eigenvalue weighted by Crippen LogP contribution is 2.18. The van der Waals surface area contributed by atoms with Crippen LogP contribution in [0.5, 0.6) is 0 Å². The first-order valence-electron chi connectivity index (χ1n) is 6.63. The molecule has 1 rings (SSSR count). The highest BCUT2D eigenvalue weighted by molar-refractivity contribution is 6.65. The Bertz CT molecular complexity index is 353. The van der Waals surface area contributed by atoms with Gasteiger partial charge in [-0.25, -0.2) is 0 Å². The predicted molar refractivity (Wildman–Crippen MR) is 79.7 cm³/mol. The van der Waals surface area contributed by atoms with Crippen molar-refractivity contribution in [3.8, 4) is 0 Å². The van der Waals surface area contributed by atoms with Gasteiger partial charge < -0.3 is 8.85 Å². The van der Waals surface area contributed by atoms with E-state index < -0.39 is 8.56 Å². The van der Waals surface area contributed by atoms with Gasteiger partial charge >= 0.3 is 8.56 Å². The molecule has 0 bridgehead atoms. The maximum Gasteiger partial charge on any atom is 0.335 e. The lowest BCUT2D eigenvalue weighted by Crippen LogP contribution is -2.38. The summed E-state index contributed by atoms with van der Waals surface area (Å²) in [4.78, 5) is 0. The Morgan fingerprint density at radius 3 is 2.33 bits per heavy atom. The smallest absolute Gasteiger partial charge is 0.335 e. The van der Waals surface area contributed by atoms with Crippen molar-refractivity contribution in [2.45, 2.75) is 39.5 Å². The van der Waals surface area contributed by atoms with Gasteiger partial charge in [0.2, 0.25) is 0 Å². The minimum atomic E-state index is -1.97. The van der Waals surface area contributed by atoms with Crippen LogP contribution in [0.3, 0.4) is 0 Å². The monoisotopic (exact) mass is 264 g/mol. The molecule has 1 aromatic rings. The van der Waals surface area contributed by atoms with Crippen molar-refractivity contribution < 1.29 is 8.85 Å². The van der Waals surface area contributed by atoms with Crippen molar-refractivity contribution in [3.63, 3.8) is 0 Å². The number of rotatable bonds is 8. The number of hydrogen-bond acceptors (Lipinski definition) is 2. The topological polar surface area (TPSA) is 18.5 Å². The van der Waals surface area contributed by atoms with Crippen molar-refractivity contribution in [1.82, 2.24) is 0 Å². The molecule has 0 aliphatic rings.